The van der Waals surface area contributed by atoms with E-state index in [0.29, 0.717) is 24.8 Å². The number of hydrogen-bond acceptors (Lipinski definition) is 6. The number of aliphatic hydroxyl groups excluding tert-OH is 1. The van der Waals surface area contributed by atoms with Crippen molar-refractivity contribution >= 4 is 35.1 Å². The highest BCUT2D eigenvalue weighted by molar-refractivity contribution is 6.29. The molecule has 0 radical (unpaired) electrons. The van der Waals surface area contributed by atoms with Gasteiger partial charge in [-0.25, -0.2) is 9.18 Å². The second-order valence-electron chi connectivity index (χ2n) is 17.3. The third-order valence-electron chi connectivity index (χ3n) is 13.4. The highest BCUT2D eigenvalue weighted by Crippen LogP contribution is 2.71. The number of allylic oxidation sites excluding steroid dienone is 13. The zero-order chi connectivity index (χ0) is 40.4. The Labute approximate surface area is 326 Å². The molecule has 5 aliphatic carbocycles. The summed E-state index contributed by atoms with van der Waals surface area (Å²) < 4.78 is 23.1. The molecule has 0 aromatic rings. The van der Waals surface area contributed by atoms with E-state index in [1.54, 1.807) is 32.9 Å². The number of hydrogen-bond donors (Lipinski definition) is 2. The Morgan fingerprint density at radius 1 is 1.07 bits per heavy atom. The number of rotatable bonds is 9. The van der Waals surface area contributed by atoms with Crippen LogP contribution in [0.3, 0.4) is 0 Å². The van der Waals surface area contributed by atoms with Crippen molar-refractivity contribution in [3.8, 4) is 0 Å². The van der Waals surface area contributed by atoms with Crippen LogP contribution >= 0.6 is 11.6 Å². The van der Waals surface area contributed by atoms with E-state index in [1.807, 2.05) is 26.0 Å². The molecule has 0 aromatic heterocycles. The number of carbonyl (C=O) groups is 4. The summed E-state index contributed by atoms with van der Waals surface area (Å²) in [6.45, 7) is 17.8. The summed E-state index contributed by atoms with van der Waals surface area (Å²) >= 11 is 6.01. The van der Waals surface area contributed by atoms with Gasteiger partial charge in [-0.2, -0.15) is 0 Å². The van der Waals surface area contributed by atoms with Crippen LogP contribution in [0.1, 0.15) is 114 Å². The van der Waals surface area contributed by atoms with Crippen LogP contribution < -0.4 is 0 Å². The van der Waals surface area contributed by atoms with E-state index in [4.69, 9.17) is 21.4 Å². The predicted molar refractivity (Wildman–Crippen MR) is 212 cm³/mol. The van der Waals surface area contributed by atoms with Crippen molar-refractivity contribution in [1.82, 2.24) is 0 Å². The van der Waals surface area contributed by atoms with E-state index in [0.717, 1.165) is 11.1 Å². The lowest BCUT2D eigenvalue weighted by molar-refractivity contribution is -0.227. The van der Waals surface area contributed by atoms with Gasteiger partial charge in [-0.15, -0.1) is 11.6 Å². The van der Waals surface area contributed by atoms with Crippen molar-refractivity contribution in [1.29, 1.82) is 0 Å². The highest BCUT2D eigenvalue weighted by atomic mass is 35.5. The Morgan fingerprint density at radius 2 is 1.76 bits per heavy atom. The van der Waals surface area contributed by atoms with Gasteiger partial charge in [-0.3, -0.25) is 14.4 Å². The minimum absolute atomic E-state index is 0.0285. The maximum absolute atomic E-state index is 17.2. The third-order valence-corrected chi connectivity index (χ3v) is 13.6. The minimum atomic E-state index is -1.99. The number of halogens is 2. The van der Waals surface area contributed by atoms with Gasteiger partial charge in [-0.1, -0.05) is 87.8 Å². The molecule has 2 N–H and O–H groups in total. The van der Waals surface area contributed by atoms with E-state index >= 15 is 4.39 Å². The fraction of sp³-hybridized carbons (Fsp3) is 0.600. The zero-order valence-electron chi connectivity index (χ0n) is 33.6. The Bertz CT molecular complexity index is 1740. The van der Waals surface area contributed by atoms with Crippen molar-refractivity contribution in [2.45, 2.75) is 131 Å². The summed E-state index contributed by atoms with van der Waals surface area (Å²) in [5.74, 6) is -3.48. The molecule has 3 fully saturated rings. The summed E-state index contributed by atoms with van der Waals surface area (Å²) in [5.41, 5.74) is 0.261. The van der Waals surface area contributed by atoms with Gasteiger partial charge in [0.05, 0.1) is 12.0 Å². The quantitative estimate of drug-likeness (QED) is 0.104. The van der Waals surface area contributed by atoms with Gasteiger partial charge in [0.15, 0.2) is 22.8 Å². The first-order valence-electron chi connectivity index (χ1n) is 19.4. The maximum Gasteiger partial charge on any atom is 0.328 e. The first kappa shape index (κ1) is 43.4. The smallest absolute Gasteiger partial charge is 0.328 e. The number of carboxylic acids is 1. The molecule has 0 saturated heterocycles. The molecular weight excluding hydrogens is 707 g/mol. The number of ketones is 2. The number of fused-ring (bicyclic) bond motifs is 5. The molecular formula is C45H60ClFO7. The molecule has 3 saturated carbocycles. The van der Waals surface area contributed by atoms with Gasteiger partial charge in [0, 0.05) is 35.2 Å². The van der Waals surface area contributed by atoms with Crippen LogP contribution in [0.15, 0.2) is 82.5 Å². The number of esters is 1. The molecule has 0 heterocycles. The van der Waals surface area contributed by atoms with E-state index in [-0.39, 0.29) is 47.5 Å². The number of alkyl halides is 2. The van der Waals surface area contributed by atoms with Gasteiger partial charge >= 0.3 is 11.9 Å². The van der Waals surface area contributed by atoms with Gasteiger partial charge in [-0.05, 0) is 107 Å². The van der Waals surface area contributed by atoms with E-state index < -0.39 is 46.1 Å². The van der Waals surface area contributed by atoms with E-state index in [2.05, 4.69) is 39.8 Å². The first-order valence-corrected chi connectivity index (χ1v) is 19.9. The molecule has 5 rings (SSSR count). The number of ether oxygens (including phenoxy) is 1. The molecule has 296 valence electrons. The highest BCUT2D eigenvalue weighted by Gasteiger charge is 2.77. The van der Waals surface area contributed by atoms with Crippen LogP contribution in [0, 0.1) is 34.0 Å². The van der Waals surface area contributed by atoms with Crippen LogP contribution in [-0.2, 0) is 23.9 Å². The molecule has 0 aliphatic heterocycles. The predicted octanol–water partition coefficient (Wildman–Crippen LogP) is 9.71. The summed E-state index contributed by atoms with van der Waals surface area (Å²) in [7, 11) is 0. The molecule has 7 nitrogen and oxygen atoms in total. The molecule has 0 spiro atoms. The van der Waals surface area contributed by atoms with Crippen molar-refractivity contribution < 1.29 is 38.5 Å². The average Bonchev–Trinajstić information content (AvgIpc) is 3.30. The van der Waals surface area contributed by atoms with Crippen molar-refractivity contribution in [2.24, 2.45) is 34.0 Å². The standard InChI is InChI=1S/C25H32ClFO5.C20H28O2/c1-5-21(31)32-25(20(30)13-26)14(2)10-18-17-7-6-15-11-16(28)8-9-22(15,3)24(17,27)19(29)12-23(18,25)4;1-15(8-6-9-16(2)14-19(21)22)11-12-18-17(3)10-7-13-20(18,4)5/h8-9,11,14,17-19,29H,5-7,10,12-13H2,1-4H3;6,8-9,11-12,14H,7,10,13H2,1-5H3,(H,21,22)/b;9-6+,12-11+,15-8+,16-14+/t14-,17-,18-,19-,22-,23-,24-,25-;/m0./s1. The number of carbonyl (C=O) groups excluding carboxylic acids is 3. The molecule has 0 amide bonds. The number of aliphatic hydroxyl groups is 1. The normalized spacial score (nSPS) is 36.2. The summed E-state index contributed by atoms with van der Waals surface area (Å²) in [4.78, 5) is 48.2. The van der Waals surface area contributed by atoms with Gasteiger partial charge < -0.3 is 14.9 Å². The second-order valence-corrected chi connectivity index (χ2v) is 17.5. The first-order chi connectivity index (χ1) is 25.1. The molecule has 0 bridgehead atoms. The summed E-state index contributed by atoms with van der Waals surface area (Å²) in [6.07, 6.45) is 19.7. The number of carboxylic acid groups (broad SMARTS) is 1. The number of Topliss-reactive ketones (excluding diaryl/α,β-unsaturated/α-hetero) is 1. The fourth-order valence-electron chi connectivity index (χ4n) is 10.6. The van der Waals surface area contributed by atoms with Crippen LogP contribution in [0.5, 0.6) is 0 Å². The Hall–Kier alpha value is -3.36. The van der Waals surface area contributed by atoms with Crippen molar-refractivity contribution in [3.63, 3.8) is 0 Å². The lowest BCUT2D eigenvalue weighted by atomic mass is 9.44. The molecule has 9 heteroatoms. The minimum Gasteiger partial charge on any atom is -0.478 e. The Morgan fingerprint density at radius 3 is 2.37 bits per heavy atom. The largest absolute Gasteiger partial charge is 0.478 e. The maximum atomic E-state index is 17.2. The zero-order valence-corrected chi connectivity index (χ0v) is 34.3. The fourth-order valence-corrected chi connectivity index (χ4v) is 10.8. The van der Waals surface area contributed by atoms with Gasteiger partial charge in [0.25, 0.3) is 0 Å². The van der Waals surface area contributed by atoms with E-state index in [9.17, 15) is 24.3 Å². The van der Waals surface area contributed by atoms with E-state index in [1.165, 1.54) is 48.6 Å². The summed E-state index contributed by atoms with van der Waals surface area (Å²) in [6, 6.07) is 0. The average molecular weight is 767 g/mol. The van der Waals surface area contributed by atoms with Gasteiger partial charge in [0.1, 0.15) is 0 Å². The van der Waals surface area contributed by atoms with Crippen molar-refractivity contribution in [3.05, 3.63) is 82.5 Å². The number of aliphatic carboxylic acids is 1. The molecule has 54 heavy (non-hydrogen) atoms. The monoisotopic (exact) mass is 766 g/mol. The van der Waals surface area contributed by atoms with Crippen LogP contribution in [-0.4, -0.2) is 57.0 Å². The summed E-state index contributed by atoms with van der Waals surface area (Å²) in [5, 5.41) is 20.1. The molecule has 8 atom stereocenters. The molecule has 5 aliphatic rings. The second kappa shape index (κ2) is 16.4. The molecule has 0 unspecified atom stereocenters. The van der Waals surface area contributed by atoms with Crippen molar-refractivity contribution in [2.75, 3.05) is 5.88 Å². The van der Waals surface area contributed by atoms with Gasteiger partial charge in [0.2, 0.25) is 0 Å². The lowest BCUT2D eigenvalue weighted by Gasteiger charge is -2.62. The van der Waals surface area contributed by atoms with Crippen LogP contribution in [0.2, 0.25) is 0 Å². The Kier molecular flexibility index (Phi) is 13.2. The van der Waals surface area contributed by atoms with Crippen LogP contribution in [0.4, 0.5) is 4.39 Å². The SMILES string of the molecule is CC1=C(/C=C/C(C)=C/C=C/C(C)=C/C(=O)O)C(C)(C)CCC1.CCC(=O)O[C@]1(C(=O)CCl)[C@@H](C)C[C@H]2[C@@H]3CCC4=CC(=O)C=C[C@]4(C)[C@@]3(F)[C@@H](O)C[C@@]21C. The van der Waals surface area contributed by atoms with Crippen LogP contribution in [0.25, 0.3) is 0 Å². The topological polar surface area (TPSA) is 118 Å². The third kappa shape index (κ3) is 7.71. The lowest BCUT2D eigenvalue weighted by Crippen LogP contribution is -2.70. The molecule has 0 aromatic carbocycles. The Balaban J connectivity index is 0.000000260.